The van der Waals surface area contributed by atoms with Crippen molar-refractivity contribution >= 4 is 23.7 Å². The van der Waals surface area contributed by atoms with Gasteiger partial charge in [0.05, 0.1) is 37.1 Å². The molecule has 2 N–H and O–H groups in total. The van der Waals surface area contributed by atoms with Gasteiger partial charge < -0.3 is 29.7 Å². The van der Waals surface area contributed by atoms with Gasteiger partial charge in [-0.15, -0.1) is 13.2 Å². The van der Waals surface area contributed by atoms with Gasteiger partial charge in [0, 0.05) is 19.5 Å². The summed E-state index contributed by atoms with van der Waals surface area (Å²) in [5.41, 5.74) is -0.294. The van der Waals surface area contributed by atoms with Gasteiger partial charge in [-0.3, -0.25) is 19.2 Å². The molecule has 234 valence electrons. The van der Waals surface area contributed by atoms with Gasteiger partial charge in [-0.1, -0.05) is 56.3 Å². The maximum Gasteiger partial charge on any atom is 0.312 e. The molecule has 7 atom stereocenters. The molecule has 0 aromatic heterocycles. The number of amides is 3. The Labute approximate surface area is 254 Å². The van der Waals surface area contributed by atoms with Crippen LogP contribution in [0.2, 0.25) is 0 Å². The van der Waals surface area contributed by atoms with Crippen molar-refractivity contribution in [3.8, 4) is 0 Å². The molecule has 0 radical (unpaired) electrons. The molecular formula is C33H45N3O7. The molecule has 1 aromatic rings. The highest BCUT2D eigenvalue weighted by Crippen LogP contribution is 2.59. The minimum absolute atomic E-state index is 0.132. The van der Waals surface area contributed by atoms with Gasteiger partial charge in [0.15, 0.2) is 0 Å². The summed E-state index contributed by atoms with van der Waals surface area (Å²) in [5, 5.41) is 13.2. The molecule has 3 amide bonds. The Kier molecular flexibility index (Phi) is 10.4. The van der Waals surface area contributed by atoms with Gasteiger partial charge in [-0.05, 0) is 37.7 Å². The second-order valence-corrected chi connectivity index (χ2v) is 12.2. The third kappa shape index (κ3) is 6.40. The minimum atomic E-state index is -1.22. The van der Waals surface area contributed by atoms with E-state index in [4.69, 9.17) is 9.47 Å². The molecule has 3 fully saturated rings. The van der Waals surface area contributed by atoms with Crippen LogP contribution in [0.25, 0.3) is 0 Å². The van der Waals surface area contributed by atoms with Crippen molar-refractivity contribution < 1.29 is 33.8 Å². The van der Waals surface area contributed by atoms with Gasteiger partial charge in [0.25, 0.3) is 0 Å². The number of aliphatic hydroxyl groups excluding tert-OH is 1. The van der Waals surface area contributed by atoms with Gasteiger partial charge in [-0.25, -0.2) is 0 Å². The maximum absolute atomic E-state index is 14.5. The molecular weight excluding hydrogens is 550 g/mol. The van der Waals surface area contributed by atoms with Crippen LogP contribution in [0.15, 0.2) is 55.6 Å². The third-order valence-corrected chi connectivity index (χ3v) is 8.91. The highest BCUT2D eigenvalue weighted by atomic mass is 16.6. The van der Waals surface area contributed by atoms with Crippen LogP contribution in [-0.2, 0) is 35.2 Å². The smallest absolute Gasteiger partial charge is 0.312 e. The lowest BCUT2D eigenvalue weighted by molar-refractivity contribution is -0.160. The molecule has 3 aliphatic heterocycles. The summed E-state index contributed by atoms with van der Waals surface area (Å²) in [5.74, 6) is -3.40. The Hall–Kier alpha value is -3.50. The van der Waals surface area contributed by atoms with Crippen molar-refractivity contribution in [2.45, 2.75) is 82.9 Å². The molecule has 10 heteroatoms. The van der Waals surface area contributed by atoms with Crippen molar-refractivity contribution in [2.24, 2.45) is 17.8 Å². The molecule has 3 aliphatic rings. The summed E-state index contributed by atoms with van der Waals surface area (Å²) in [6.45, 7) is 13.3. The fourth-order valence-electron chi connectivity index (χ4n) is 6.88. The average molecular weight is 596 g/mol. The topological polar surface area (TPSA) is 125 Å². The Morgan fingerprint density at radius 3 is 2.56 bits per heavy atom. The number of hydrogen-bond acceptors (Lipinski definition) is 7. The largest absolute Gasteiger partial charge is 0.460 e. The lowest BCUT2D eigenvalue weighted by atomic mass is 9.70. The second-order valence-electron chi connectivity index (χ2n) is 12.2. The summed E-state index contributed by atoms with van der Waals surface area (Å²) >= 11 is 0. The van der Waals surface area contributed by atoms with E-state index in [9.17, 15) is 24.3 Å². The fourth-order valence-corrected chi connectivity index (χ4v) is 6.88. The molecule has 0 saturated carbocycles. The Morgan fingerprint density at radius 2 is 1.93 bits per heavy atom. The van der Waals surface area contributed by atoms with Crippen molar-refractivity contribution in [1.82, 2.24) is 15.1 Å². The molecule has 0 unspecified atom stereocenters. The molecule has 3 saturated heterocycles. The molecule has 2 bridgehead atoms. The van der Waals surface area contributed by atoms with E-state index < -0.39 is 47.7 Å². The van der Waals surface area contributed by atoms with Crippen LogP contribution < -0.4 is 5.32 Å². The van der Waals surface area contributed by atoms with Crippen LogP contribution in [0.4, 0.5) is 0 Å². The number of allylic oxidation sites excluding steroid dienone is 1. The minimum Gasteiger partial charge on any atom is -0.460 e. The first-order chi connectivity index (χ1) is 20.6. The fraction of sp³-hybridized carbons (Fsp3) is 0.576. The highest BCUT2D eigenvalue weighted by molar-refractivity contribution is 5.98. The molecule has 1 spiro atoms. The Morgan fingerprint density at radius 1 is 1.21 bits per heavy atom. The van der Waals surface area contributed by atoms with E-state index in [-0.39, 0.29) is 43.3 Å². The normalized spacial score (nSPS) is 27.0. The zero-order chi connectivity index (χ0) is 31.3. The summed E-state index contributed by atoms with van der Waals surface area (Å²) in [6, 6.07) is 7.90. The maximum atomic E-state index is 14.5. The number of nitrogens with zero attached hydrogens (tertiary/aromatic N) is 2. The van der Waals surface area contributed by atoms with E-state index in [1.165, 1.54) is 4.90 Å². The zero-order valence-corrected chi connectivity index (χ0v) is 25.4. The van der Waals surface area contributed by atoms with E-state index >= 15 is 0 Å². The van der Waals surface area contributed by atoms with Gasteiger partial charge >= 0.3 is 5.97 Å². The number of nitrogens with one attached hydrogen (secondary N) is 1. The standard InChI is InChI=1S/C33H45N3O7/c1-6-8-14-26(38)34-18-22(5)42-32(41)27-25-15-16-33(43-25)28(27)30(39)36(24(20-37)21(3)4)29(33)31(40)35(17-7-2)19-23-12-10-9-11-13-23/h6-7,9-13,21-22,24-25,27-29,37H,1-2,8,14-20H2,3-5H3,(H,34,38)/t22-,24+,25-,27+,28+,29-,33+/m1/s1. The lowest BCUT2D eigenvalue weighted by Crippen LogP contribution is -2.59. The van der Waals surface area contributed by atoms with E-state index in [2.05, 4.69) is 18.5 Å². The quantitative estimate of drug-likeness (QED) is 0.236. The summed E-state index contributed by atoms with van der Waals surface area (Å²) < 4.78 is 12.3. The van der Waals surface area contributed by atoms with Crippen LogP contribution >= 0.6 is 0 Å². The molecule has 0 aliphatic carbocycles. The van der Waals surface area contributed by atoms with E-state index in [0.717, 1.165) is 5.56 Å². The number of carbonyl (C=O) groups excluding carboxylic acids is 4. The summed E-state index contributed by atoms with van der Waals surface area (Å²) in [7, 11) is 0. The number of rotatable bonds is 15. The van der Waals surface area contributed by atoms with Crippen molar-refractivity contribution in [3.05, 3.63) is 61.2 Å². The van der Waals surface area contributed by atoms with Gasteiger partial charge in [0.1, 0.15) is 17.7 Å². The van der Waals surface area contributed by atoms with Crippen LogP contribution in [-0.4, -0.2) is 88.2 Å². The highest BCUT2D eigenvalue weighted by Gasteiger charge is 2.75. The molecule has 4 rings (SSSR count). The number of aliphatic hydroxyl groups is 1. The van der Waals surface area contributed by atoms with Crippen LogP contribution in [0, 0.1) is 17.8 Å². The lowest BCUT2D eigenvalue weighted by Gasteiger charge is -2.40. The average Bonchev–Trinajstić information content (AvgIpc) is 3.63. The molecule has 1 aromatic carbocycles. The molecule has 10 nitrogen and oxygen atoms in total. The third-order valence-electron chi connectivity index (χ3n) is 8.91. The number of hydrogen-bond donors (Lipinski definition) is 2. The van der Waals surface area contributed by atoms with Crippen LogP contribution in [0.1, 0.15) is 52.0 Å². The van der Waals surface area contributed by atoms with Gasteiger partial charge in [0.2, 0.25) is 17.7 Å². The van der Waals surface area contributed by atoms with Crippen molar-refractivity contribution in [1.29, 1.82) is 0 Å². The van der Waals surface area contributed by atoms with E-state index in [0.29, 0.717) is 32.2 Å². The number of benzene rings is 1. The number of carbonyl (C=O) groups is 4. The SMILES string of the molecule is C=CCCC(=O)NC[C@@H](C)OC(=O)[C@@H]1[C@H]2C(=O)N([C@@H](CO)C(C)C)[C@H](C(=O)N(CC=C)Cc3ccccc3)[C@]23CC[C@H]1O3. The molecule has 3 heterocycles. The van der Waals surface area contributed by atoms with Crippen molar-refractivity contribution in [2.75, 3.05) is 19.7 Å². The second kappa shape index (κ2) is 13.9. The monoisotopic (exact) mass is 595 g/mol. The van der Waals surface area contributed by atoms with Crippen LogP contribution in [0.3, 0.4) is 0 Å². The van der Waals surface area contributed by atoms with Crippen LogP contribution in [0.5, 0.6) is 0 Å². The van der Waals surface area contributed by atoms with E-state index in [1.807, 2.05) is 44.2 Å². The van der Waals surface area contributed by atoms with Gasteiger partial charge in [-0.2, -0.15) is 0 Å². The Balaban J connectivity index is 1.62. The summed E-state index contributed by atoms with van der Waals surface area (Å²) in [4.78, 5) is 57.6. The Bertz CT molecular complexity index is 1200. The number of esters is 1. The summed E-state index contributed by atoms with van der Waals surface area (Å²) in [6.07, 6.45) is 3.88. The number of fused-ring (bicyclic) bond motifs is 1. The first-order valence-corrected chi connectivity index (χ1v) is 15.2. The predicted molar refractivity (Wildman–Crippen MR) is 160 cm³/mol. The first kappa shape index (κ1) is 32.4. The predicted octanol–water partition coefficient (Wildman–Crippen LogP) is 2.61. The molecule has 43 heavy (non-hydrogen) atoms. The number of likely N-dealkylation sites (tertiary alicyclic amines) is 1. The van der Waals surface area contributed by atoms with Crippen molar-refractivity contribution in [3.63, 3.8) is 0 Å². The number of ether oxygens (including phenoxy) is 2. The van der Waals surface area contributed by atoms with E-state index in [1.54, 1.807) is 24.0 Å². The zero-order valence-electron chi connectivity index (χ0n) is 25.4. The first-order valence-electron chi connectivity index (χ1n) is 15.2.